The number of hydrogen-bond acceptors (Lipinski definition) is 6. The summed E-state index contributed by atoms with van der Waals surface area (Å²) < 4.78 is 6.73. The number of anilines is 1. The topological polar surface area (TPSA) is 98.1 Å². The highest BCUT2D eigenvalue weighted by Gasteiger charge is 2.17. The summed E-state index contributed by atoms with van der Waals surface area (Å²) in [7, 11) is 0. The van der Waals surface area contributed by atoms with Crippen LogP contribution in [0.15, 0.2) is 43.9 Å². The molecule has 8 heteroatoms. The van der Waals surface area contributed by atoms with E-state index in [1.165, 1.54) is 0 Å². The smallest absolute Gasteiger partial charge is 0.262 e. The molecule has 2 heterocycles. The van der Waals surface area contributed by atoms with Gasteiger partial charge in [-0.2, -0.15) is 4.98 Å². The number of rotatable bonds is 2. The number of nitrogen functional groups attached to an aromatic ring is 1. The van der Waals surface area contributed by atoms with Crippen LogP contribution in [-0.4, -0.2) is 20.2 Å². The summed E-state index contributed by atoms with van der Waals surface area (Å²) in [5.74, 6) is 0.396. The van der Waals surface area contributed by atoms with Crippen molar-refractivity contribution in [2.45, 2.75) is 0 Å². The van der Waals surface area contributed by atoms with Crippen LogP contribution in [0.1, 0.15) is 0 Å². The van der Waals surface area contributed by atoms with Gasteiger partial charge in [-0.05, 0) is 50.1 Å². The van der Waals surface area contributed by atoms with E-state index in [0.717, 1.165) is 8.95 Å². The molecule has 2 aromatic heterocycles. The predicted octanol–water partition coefficient (Wildman–Crippen LogP) is 3.61. The van der Waals surface area contributed by atoms with Gasteiger partial charge >= 0.3 is 0 Å². The molecule has 0 radical (unpaired) electrons. The molecule has 3 N–H and O–H groups in total. The van der Waals surface area contributed by atoms with Crippen LogP contribution < -0.4 is 5.73 Å². The van der Waals surface area contributed by atoms with E-state index in [2.05, 4.69) is 47.0 Å². The molecule has 0 aliphatic carbocycles. The Balaban J connectivity index is 2.06. The molecular weight excluding hydrogens is 404 g/mol. The number of phenolic OH excluding ortho intramolecular Hbond substituents is 1. The number of hydrogen-bond donors (Lipinski definition) is 2. The standard InChI is InChI=1S/C13H8Br2N4O2/c14-6-4-8(15)10(17-5-6)12-18-13(21-19-12)7-2-1-3-9(16)11(7)20/h1-5,20H,16H2. The Labute approximate surface area is 136 Å². The van der Waals surface area contributed by atoms with E-state index in [1.807, 2.05) is 6.07 Å². The lowest BCUT2D eigenvalue weighted by molar-refractivity contribution is 0.426. The number of benzene rings is 1. The highest BCUT2D eigenvalue weighted by molar-refractivity contribution is 9.11. The first-order chi connectivity index (χ1) is 10.1. The van der Waals surface area contributed by atoms with Crippen LogP contribution >= 0.6 is 31.9 Å². The molecule has 0 saturated carbocycles. The third kappa shape index (κ3) is 2.64. The summed E-state index contributed by atoms with van der Waals surface area (Å²) in [4.78, 5) is 8.47. The van der Waals surface area contributed by atoms with Gasteiger partial charge in [-0.1, -0.05) is 11.2 Å². The molecule has 3 rings (SSSR count). The predicted molar refractivity (Wildman–Crippen MR) is 84.4 cm³/mol. The SMILES string of the molecule is Nc1cccc(-c2nc(-c3ncc(Br)cc3Br)no2)c1O. The Bertz CT molecular complexity index is 820. The number of para-hydroxylation sites is 1. The Hall–Kier alpha value is -1.93. The van der Waals surface area contributed by atoms with Gasteiger partial charge in [-0.25, -0.2) is 0 Å². The first-order valence-corrected chi connectivity index (χ1v) is 7.38. The van der Waals surface area contributed by atoms with Gasteiger partial charge in [-0.3, -0.25) is 4.98 Å². The fourth-order valence-corrected chi connectivity index (χ4v) is 2.91. The highest BCUT2D eigenvalue weighted by atomic mass is 79.9. The van der Waals surface area contributed by atoms with Crippen molar-refractivity contribution >= 4 is 37.5 Å². The maximum atomic E-state index is 9.94. The second-order valence-electron chi connectivity index (χ2n) is 4.15. The minimum Gasteiger partial charge on any atom is -0.505 e. The molecule has 0 fully saturated rings. The molecule has 0 bridgehead atoms. The number of phenols is 1. The van der Waals surface area contributed by atoms with E-state index in [-0.39, 0.29) is 17.3 Å². The minimum absolute atomic E-state index is 0.0875. The second-order valence-corrected chi connectivity index (χ2v) is 5.92. The van der Waals surface area contributed by atoms with Gasteiger partial charge in [0.05, 0.1) is 11.3 Å². The van der Waals surface area contributed by atoms with Gasteiger partial charge in [-0.15, -0.1) is 0 Å². The molecule has 21 heavy (non-hydrogen) atoms. The fourth-order valence-electron chi connectivity index (χ4n) is 1.74. The number of pyridine rings is 1. The average Bonchev–Trinajstić information content (AvgIpc) is 2.91. The maximum absolute atomic E-state index is 9.94. The van der Waals surface area contributed by atoms with Crippen molar-refractivity contribution in [1.29, 1.82) is 0 Å². The minimum atomic E-state index is -0.0875. The molecule has 0 aliphatic rings. The molecule has 1 aromatic carbocycles. The fraction of sp³-hybridized carbons (Fsp3) is 0. The largest absolute Gasteiger partial charge is 0.505 e. The lowest BCUT2D eigenvalue weighted by atomic mass is 10.2. The van der Waals surface area contributed by atoms with Crippen LogP contribution in [0.4, 0.5) is 5.69 Å². The van der Waals surface area contributed by atoms with Crippen LogP contribution in [0.3, 0.4) is 0 Å². The van der Waals surface area contributed by atoms with E-state index in [4.69, 9.17) is 10.3 Å². The average molecular weight is 412 g/mol. The summed E-state index contributed by atoms with van der Waals surface area (Å²) in [6.45, 7) is 0. The number of aromatic hydroxyl groups is 1. The normalized spacial score (nSPS) is 10.8. The van der Waals surface area contributed by atoms with E-state index in [1.54, 1.807) is 24.4 Å². The lowest BCUT2D eigenvalue weighted by Crippen LogP contribution is -1.89. The first-order valence-electron chi connectivity index (χ1n) is 5.79. The molecule has 0 aliphatic heterocycles. The summed E-state index contributed by atoms with van der Waals surface area (Å²) >= 11 is 6.72. The van der Waals surface area contributed by atoms with Gasteiger partial charge in [0, 0.05) is 15.1 Å². The molecule has 0 unspecified atom stereocenters. The van der Waals surface area contributed by atoms with Crippen LogP contribution in [0.25, 0.3) is 23.0 Å². The van der Waals surface area contributed by atoms with E-state index in [0.29, 0.717) is 17.1 Å². The van der Waals surface area contributed by atoms with Gasteiger partial charge in [0.2, 0.25) is 5.82 Å². The van der Waals surface area contributed by atoms with Crippen molar-refractivity contribution in [3.63, 3.8) is 0 Å². The zero-order valence-corrected chi connectivity index (χ0v) is 13.6. The van der Waals surface area contributed by atoms with Crippen molar-refractivity contribution in [3.8, 4) is 28.7 Å². The Morgan fingerprint density at radius 3 is 2.81 bits per heavy atom. The van der Waals surface area contributed by atoms with Crippen LogP contribution in [0.5, 0.6) is 5.75 Å². The Morgan fingerprint density at radius 1 is 1.24 bits per heavy atom. The van der Waals surface area contributed by atoms with E-state index >= 15 is 0 Å². The molecule has 106 valence electrons. The molecule has 0 saturated heterocycles. The Morgan fingerprint density at radius 2 is 2.05 bits per heavy atom. The van der Waals surface area contributed by atoms with Crippen molar-refractivity contribution < 1.29 is 9.63 Å². The third-order valence-electron chi connectivity index (χ3n) is 2.74. The summed E-state index contributed by atoms with van der Waals surface area (Å²) in [6.07, 6.45) is 1.63. The molecule has 6 nitrogen and oxygen atoms in total. The third-order valence-corrected chi connectivity index (χ3v) is 3.78. The monoisotopic (exact) mass is 410 g/mol. The molecule has 0 spiro atoms. The molecule has 0 amide bonds. The van der Waals surface area contributed by atoms with Crippen molar-refractivity contribution in [2.75, 3.05) is 5.73 Å². The maximum Gasteiger partial charge on any atom is 0.262 e. The number of nitrogens with two attached hydrogens (primary N) is 1. The van der Waals surface area contributed by atoms with E-state index < -0.39 is 0 Å². The number of nitrogens with zero attached hydrogens (tertiary/aromatic N) is 3. The molecular formula is C13H8Br2N4O2. The van der Waals surface area contributed by atoms with Crippen molar-refractivity contribution in [2.24, 2.45) is 0 Å². The first kappa shape index (κ1) is 14.0. The summed E-state index contributed by atoms with van der Waals surface area (Å²) in [6, 6.07) is 6.76. The summed E-state index contributed by atoms with van der Waals surface area (Å²) in [5.41, 5.74) is 6.81. The van der Waals surface area contributed by atoms with Crippen molar-refractivity contribution in [1.82, 2.24) is 15.1 Å². The number of aromatic nitrogens is 3. The highest BCUT2D eigenvalue weighted by Crippen LogP contribution is 2.34. The summed E-state index contributed by atoms with van der Waals surface area (Å²) in [5, 5.41) is 13.8. The van der Waals surface area contributed by atoms with Crippen molar-refractivity contribution in [3.05, 3.63) is 39.4 Å². The van der Waals surface area contributed by atoms with Gasteiger partial charge in [0.1, 0.15) is 5.69 Å². The van der Waals surface area contributed by atoms with Gasteiger partial charge in [0.25, 0.3) is 5.89 Å². The van der Waals surface area contributed by atoms with Crippen LogP contribution in [0, 0.1) is 0 Å². The molecule has 3 aromatic rings. The zero-order valence-electron chi connectivity index (χ0n) is 10.4. The quantitative estimate of drug-likeness (QED) is 0.493. The molecule has 0 atom stereocenters. The van der Waals surface area contributed by atoms with Gasteiger partial charge < -0.3 is 15.4 Å². The van der Waals surface area contributed by atoms with Crippen LogP contribution in [0.2, 0.25) is 0 Å². The van der Waals surface area contributed by atoms with Gasteiger partial charge in [0.15, 0.2) is 5.75 Å². The number of halogens is 2. The van der Waals surface area contributed by atoms with Crippen LogP contribution in [-0.2, 0) is 0 Å². The lowest BCUT2D eigenvalue weighted by Gasteiger charge is -2.01. The van der Waals surface area contributed by atoms with E-state index in [9.17, 15) is 5.11 Å². The Kier molecular flexibility index (Phi) is 3.64. The second kappa shape index (κ2) is 5.45. The zero-order chi connectivity index (χ0) is 15.0.